The third-order valence-electron chi connectivity index (χ3n) is 3.01. The van der Waals surface area contributed by atoms with E-state index in [1.54, 1.807) is 30.3 Å². The molecule has 0 atom stereocenters. The molecule has 0 unspecified atom stereocenters. The van der Waals surface area contributed by atoms with Crippen molar-refractivity contribution in [3.63, 3.8) is 0 Å². The second-order valence-corrected chi connectivity index (χ2v) is 4.34. The van der Waals surface area contributed by atoms with Crippen LogP contribution in [0.25, 0.3) is 11.0 Å². The molecule has 2 aromatic carbocycles. The van der Waals surface area contributed by atoms with Gasteiger partial charge in [-0.05, 0) is 35.9 Å². The zero-order chi connectivity index (χ0) is 13.4. The molecule has 3 rings (SSSR count). The van der Waals surface area contributed by atoms with Gasteiger partial charge < -0.3 is 10.1 Å². The predicted octanol–water partition coefficient (Wildman–Crippen LogP) is 2.22. The van der Waals surface area contributed by atoms with Crippen molar-refractivity contribution in [2.24, 2.45) is 0 Å². The van der Waals surface area contributed by atoms with Gasteiger partial charge in [-0.15, -0.1) is 0 Å². The average molecular weight is 258 g/mol. The molecule has 3 aromatic rings. The van der Waals surface area contributed by atoms with Gasteiger partial charge in [0.05, 0.1) is 17.6 Å². The number of nitrogens with one attached hydrogen (secondary N) is 1. The first kappa shape index (κ1) is 11.5. The van der Waals surface area contributed by atoms with Gasteiger partial charge in [0, 0.05) is 0 Å². The Morgan fingerprint density at radius 1 is 1.16 bits per heavy atom. The maximum absolute atomic E-state index is 13.1. The minimum Gasteiger partial charge on any atom is -0.508 e. The maximum atomic E-state index is 13.1. The monoisotopic (exact) mass is 258 g/mol. The molecule has 0 aliphatic heterocycles. The second kappa shape index (κ2) is 4.28. The number of aromatic amines is 1. The molecule has 19 heavy (non-hydrogen) atoms. The number of halogens is 1. The number of rotatable bonds is 2. The summed E-state index contributed by atoms with van der Waals surface area (Å²) in [5, 5.41) is 9.22. The summed E-state index contributed by atoms with van der Waals surface area (Å²) < 4.78 is 14.6. The molecule has 0 radical (unpaired) electrons. The first-order chi connectivity index (χ1) is 9.13. The molecular formula is C14H11FN2O2. The van der Waals surface area contributed by atoms with Crippen LogP contribution in [0, 0.1) is 5.82 Å². The molecule has 0 aliphatic carbocycles. The van der Waals surface area contributed by atoms with Crippen LogP contribution in [0.15, 0.2) is 47.3 Å². The van der Waals surface area contributed by atoms with Crippen molar-refractivity contribution in [3.05, 3.63) is 64.3 Å². The van der Waals surface area contributed by atoms with Crippen molar-refractivity contribution in [2.75, 3.05) is 0 Å². The fourth-order valence-electron chi connectivity index (χ4n) is 2.08. The van der Waals surface area contributed by atoms with E-state index in [1.165, 1.54) is 16.7 Å². The number of fused-ring (bicyclic) bond motifs is 1. The summed E-state index contributed by atoms with van der Waals surface area (Å²) in [6.45, 7) is 0.366. The fraction of sp³-hybridized carbons (Fsp3) is 0.0714. The van der Waals surface area contributed by atoms with E-state index in [4.69, 9.17) is 0 Å². The molecule has 2 N–H and O–H groups in total. The highest BCUT2D eigenvalue weighted by atomic mass is 19.1. The third kappa shape index (κ3) is 2.10. The van der Waals surface area contributed by atoms with Crippen LogP contribution in [0.5, 0.6) is 5.75 Å². The molecule has 96 valence electrons. The van der Waals surface area contributed by atoms with Crippen molar-refractivity contribution >= 4 is 11.0 Å². The highest BCUT2D eigenvalue weighted by molar-refractivity contribution is 5.75. The molecule has 0 aliphatic rings. The van der Waals surface area contributed by atoms with Gasteiger partial charge in [0.1, 0.15) is 11.6 Å². The number of aromatic hydroxyl groups is 1. The lowest BCUT2D eigenvalue weighted by Crippen LogP contribution is -2.17. The van der Waals surface area contributed by atoms with Crippen LogP contribution in [0.3, 0.4) is 0 Å². The van der Waals surface area contributed by atoms with Crippen LogP contribution < -0.4 is 5.69 Å². The number of phenols is 1. The molecular weight excluding hydrogens is 247 g/mol. The Hall–Kier alpha value is -2.56. The summed E-state index contributed by atoms with van der Waals surface area (Å²) in [7, 11) is 0. The average Bonchev–Trinajstić information content (AvgIpc) is 2.68. The van der Waals surface area contributed by atoms with Crippen molar-refractivity contribution in [3.8, 4) is 5.75 Å². The Labute approximate surface area is 107 Å². The van der Waals surface area contributed by atoms with Gasteiger partial charge in [-0.1, -0.05) is 12.1 Å². The zero-order valence-corrected chi connectivity index (χ0v) is 9.93. The third-order valence-corrected chi connectivity index (χ3v) is 3.01. The number of phenolic OH excluding ortho intramolecular Hbond substituents is 1. The van der Waals surface area contributed by atoms with E-state index < -0.39 is 0 Å². The molecule has 0 saturated heterocycles. The topological polar surface area (TPSA) is 58.0 Å². The minimum atomic E-state index is -0.384. The molecule has 0 bridgehead atoms. The summed E-state index contributed by atoms with van der Waals surface area (Å²) in [6.07, 6.45) is 0. The molecule has 1 heterocycles. The highest BCUT2D eigenvalue weighted by Gasteiger charge is 2.07. The predicted molar refractivity (Wildman–Crippen MR) is 69.7 cm³/mol. The number of imidazole rings is 1. The molecule has 0 amide bonds. The van der Waals surface area contributed by atoms with Gasteiger partial charge in [-0.2, -0.15) is 0 Å². The Morgan fingerprint density at radius 3 is 2.63 bits per heavy atom. The van der Waals surface area contributed by atoms with E-state index in [9.17, 15) is 14.3 Å². The second-order valence-electron chi connectivity index (χ2n) is 4.34. The summed E-state index contributed by atoms with van der Waals surface area (Å²) in [5.74, 6) is -0.206. The van der Waals surface area contributed by atoms with E-state index in [1.807, 2.05) is 0 Å². The summed E-state index contributed by atoms with van der Waals surface area (Å²) in [4.78, 5) is 14.5. The van der Waals surface area contributed by atoms with Crippen LogP contribution in [0.4, 0.5) is 4.39 Å². The molecule has 0 spiro atoms. The van der Waals surface area contributed by atoms with E-state index in [0.717, 1.165) is 5.56 Å². The molecule has 5 heteroatoms. The van der Waals surface area contributed by atoms with Crippen molar-refractivity contribution in [2.45, 2.75) is 6.54 Å². The first-order valence-corrected chi connectivity index (χ1v) is 5.79. The summed E-state index contributed by atoms with van der Waals surface area (Å²) >= 11 is 0. The van der Waals surface area contributed by atoms with Crippen molar-refractivity contribution in [1.29, 1.82) is 0 Å². The largest absolute Gasteiger partial charge is 0.508 e. The van der Waals surface area contributed by atoms with E-state index in [2.05, 4.69) is 4.98 Å². The smallest absolute Gasteiger partial charge is 0.326 e. The van der Waals surface area contributed by atoms with Crippen LogP contribution in [0.2, 0.25) is 0 Å². The van der Waals surface area contributed by atoms with E-state index in [-0.39, 0.29) is 17.3 Å². The molecule has 4 nitrogen and oxygen atoms in total. The van der Waals surface area contributed by atoms with Gasteiger partial charge in [0.2, 0.25) is 0 Å². The molecule has 0 saturated carbocycles. The van der Waals surface area contributed by atoms with Crippen molar-refractivity contribution < 1.29 is 9.50 Å². The first-order valence-electron chi connectivity index (χ1n) is 5.79. The molecule has 0 fully saturated rings. The Bertz CT molecular complexity index is 787. The van der Waals surface area contributed by atoms with Gasteiger partial charge in [0.15, 0.2) is 0 Å². The lowest BCUT2D eigenvalue weighted by molar-refractivity contribution is 0.475. The lowest BCUT2D eigenvalue weighted by Gasteiger charge is -2.04. The summed E-state index contributed by atoms with van der Waals surface area (Å²) in [6, 6.07) is 10.8. The Morgan fingerprint density at radius 2 is 1.89 bits per heavy atom. The Balaban J connectivity index is 2.07. The number of hydrogen-bond donors (Lipinski definition) is 2. The highest BCUT2D eigenvalue weighted by Crippen LogP contribution is 2.15. The zero-order valence-electron chi connectivity index (χ0n) is 9.93. The SMILES string of the molecule is O=c1[nH]c2cc(F)ccc2n1Cc1ccc(O)cc1. The van der Waals surface area contributed by atoms with Crippen LogP contribution in [-0.4, -0.2) is 14.7 Å². The minimum absolute atomic E-state index is 0.178. The number of benzene rings is 2. The van der Waals surface area contributed by atoms with E-state index >= 15 is 0 Å². The van der Waals surface area contributed by atoms with Gasteiger partial charge >= 0.3 is 5.69 Å². The quantitative estimate of drug-likeness (QED) is 0.740. The van der Waals surface area contributed by atoms with Crippen LogP contribution in [0.1, 0.15) is 5.56 Å². The van der Waals surface area contributed by atoms with Gasteiger partial charge in [-0.25, -0.2) is 9.18 Å². The van der Waals surface area contributed by atoms with Crippen LogP contribution in [-0.2, 0) is 6.54 Å². The molecule has 1 aromatic heterocycles. The number of H-pyrrole nitrogens is 1. The lowest BCUT2D eigenvalue weighted by atomic mass is 10.2. The van der Waals surface area contributed by atoms with Crippen molar-refractivity contribution in [1.82, 2.24) is 9.55 Å². The fourth-order valence-corrected chi connectivity index (χ4v) is 2.08. The Kier molecular flexibility index (Phi) is 2.59. The maximum Gasteiger partial charge on any atom is 0.326 e. The number of hydrogen-bond acceptors (Lipinski definition) is 2. The standard InChI is InChI=1S/C14H11FN2O2/c15-10-3-6-13-12(7-10)16-14(19)17(13)8-9-1-4-11(18)5-2-9/h1-7,18H,8H2,(H,16,19). The van der Waals surface area contributed by atoms with E-state index in [0.29, 0.717) is 17.6 Å². The van der Waals surface area contributed by atoms with Gasteiger partial charge in [-0.3, -0.25) is 4.57 Å². The number of aromatic nitrogens is 2. The summed E-state index contributed by atoms with van der Waals surface area (Å²) in [5.41, 5.74) is 1.72. The normalized spacial score (nSPS) is 11.0. The van der Waals surface area contributed by atoms with Gasteiger partial charge in [0.25, 0.3) is 0 Å². The van der Waals surface area contributed by atoms with Crippen LogP contribution >= 0.6 is 0 Å². The number of nitrogens with zero attached hydrogens (tertiary/aromatic N) is 1.